The first-order valence-electron chi connectivity index (χ1n) is 5.70. The molecule has 4 nitrogen and oxygen atoms in total. The van der Waals surface area contributed by atoms with Gasteiger partial charge in [-0.15, -0.1) is 0 Å². The van der Waals surface area contributed by atoms with Crippen molar-refractivity contribution in [3.05, 3.63) is 42.9 Å². The fourth-order valence-electron chi connectivity index (χ4n) is 1.92. The maximum atomic E-state index is 12.3. The van der Waals surface area contributed by atoms with Crippen molar-refractivity contribution in [2.75, 3.05) is 26.3 Å². The van der Waals surface area contributed by atoms with Gasteiger partial charge >= 0.3 is 0 Å². The van der Waals surface area contributed by atoms with E-state index in [1.165, 1.54) is 0 Å². The van der Waals surface area contributed by atoms with Crippen LogP contribution in [0.15, 0.2) is 30.3 Å². The Bertz CT molecular complexity index is 361. The van der Waals surface area contributed by atoms with Crippen molar-refractivity contribution in [2.45, 2.75) is 6.04 Å². The summed E-state index contributed by atoms with van der Waals surface area (Å²) in [4.78, 5) is 14.0. The predicted octanol–water partition coefficient (Wildman–Crippen LogP) is 0.845. The minimum Gasteiger partial charge on any atom is -0.378 e. The molecule has 0 aliphatic carbocycles. The molecule has 1 saturated heterocycles. The van der Waals surface area contributed by atoms with Gasteiger partial charge in [0.1, 0.15) is 6.04 Å². The lowest BCUT2D eigenvalue weighted by Crippen LogP contribution is -2.45. The lowest BCUT2D eigenvalue weighted by Gasteiger charge is -2.30. The maximum Gasteiger partial charge on any atom is 0.244 e. The van der Waals surface area contributed by atoms with Crippen LogP contribution in [-0.2, 0) is 9.53 Å². The Kier molecular flexibility index (Phi) is 4.12. The summed E-state index contributed by atoms with van der Waals surface area (Å²) in [6.07, 6.45) is 0. The van der Waals surface area contributed by atoms with Crippen molar-refractivity contribution in [1.82, 2.24) is 10.2 Å². The number of amides is 1. The van der Waals surface area contributed by atoms with E-state index in [-0.39, 0.29) is 5.91 Å². The third-order valence-electron chi connectivity index (χ3n) is 2.87. The van der Waals surface area contributed by atoms with Gasteiger partial charge in [0, 0.05) is 20.1 Å². The summed E-state index contributed by atoms with van der Waals surface area (Å²) in [7, 11) is 5.48. The van der Waals surface area contributed by atoms with E-state index < -0.39 is 6.04 Å². The van der Waals surface area contributed by atoms with Crippen molar-refractivity contribution < 1.29 is 9.53 Å². The molecule has 1 aromatic rings. The van der Waals surface area contributed by atoms with Crippen molar-refractivity contribution in [1.29, 1.82) is 0 Å². The van der Waals surface area contributed by atoms with Crippen LogP contribution >= 0.6 is 0 Å². The van der Waals surface area contributed by atoms with Crippen LogP contribution < -0.4 is 5.32 Å². The van der Waals surface area contributed by atoms with Crippen LogP contribution in [0.25, 0.3) is 0 Å². The van der Waals surface area contributed by atoms with Crippen LogP contribution in [0.3, 0.4) is 0 Å². The number of carbonyl (C=O) groups is 1. The first kappa shape index (κ1) is 12.1. The van der Waals surface area contributed by atoms with E-state index in [2.05, 4.69) is 5.32 Å². The molecule has 0 aromatic heterocycles. The number of nitrogens with zero attached hydrogens (tertiary/aromatic N) is 1. The normalized spacial score (nSPS) is 17.8. The molecular formula is C13H16N2O2. The Morgan fingerprint density at radius 1 is 1.29 bits per heavy atom. The van der Waals surface area contributed by atoms with E-state index in [9.17, 15) is 4.79 Å². The fraction of sp³-hybridized carbons (Fsp3) is 0.385. The fourth-order valence-corrected chi connectivity index (χ4v) is 1.92. The SMILES string of the molecule is [CH]N[C@H](C(=O)N1CCOCC1)c1ccccc1. The van der Waals surface area contributed by atoms with E-state index >= 15 is 0 Å². The summed E-state index contributed by atoms with van der Waals surface area (Å²) >= 11 is 0. The topological polar surface area (TPSA) is 41.6 Å². The van der Waals surface area contributed by atoms with Crippen LogP contribution in [0, 0.1) is 7.05 Å². The summed E-state index contributed by atoms with van der Waals surface area (Å²) in [6.45, 7) is 2.45. The number of nitrogens with one attached hydrogen (secondary N) is 1. The number of ether oxygens (including phenoxy) is 1. The molecule has 1 aliphatic rings. The molecule has 4 heteroatoms. The third kappa shape index (κ3) is 2.84. The molecule has 1 heterocycles. The van der Waals surface area contributed by atoms with Gasteiger partial charge in [-0.2, -0.15) is 0 Å². The molecule has 90 valence electrons. The second kappa shape index (κ2) is 5.80. The molecule has 1 aromatic carbocycles. The molecule has 17 heavy (non-hydrogen) atoms. The summed E-state index contributed by atoms with van der Waals surface area (Å²) in [6, 6.07) is 9.01. The van der Waals surface area contributed by atoms with Gasteiger partial charge in [0.15, 0.2) is 0 Å². The monoisotopic (exact) mass is 232 g/mol. The van der Waals surface area contributed by atoms with Crippen LogP contribution in [0.5, 0.6) is 0 Å². The van der Waals surface area contributed by atoms with E-state index in [0.717, 1.165) is 5.56 Å². The zero-order valence-electron chi connectivity index (χ0n) is 9.63. The van der Waals surface area contributed by atoms with Crippen LogP contribution in [0.1, 0.15) is 11.6 Å². The second-order valence-electron chi connectivity index (χ2n) is 3.95. The first-order valence-corrected chi connectivity index (χ1v) is 5.70. The Morgan fingerprint density at radius 3 is 2.53 bits per heavy atom. The zero-order chi connectivity index (χ0) is 12.1. The Balaban J connectivity index is 2.10. The largest absolute Gasteiger partial charge is 0.378 e. The highest BCUT2D eigenvalue weighted by molar-refractivity contribution is 5.83. The third-order valence-corrected chi connectivity index (χ3v) is 2.87. The average molecular weight is 232 g/mol. The number of carbonyl (C=O) groups excluding carboxylic acids is 1. The Hall–Kier alpha value is -1.39. The highest BCUT2D eigenvalue weighted by atomic mass is 16.5. The van der Waals surface area contributed by atoms with E-state index in [4.69, 9.17) is 11.8 Å². The minimum atomic E-state index is -0.478. The van der Waals surface area contributed by atoms with Gasteiger partial charge in [-0.1, -0.05) is 30.3 Å². The standard InChI is InChI=1S/C13H16N2O2/c1-14-12(11-5-3-2-4-6-11)13(16)15-7-9-17-10-8-15/h1-6,12,14H,7-10H2/t12-/m0/s1. The lowest BCUT2D eigenvalue weighted by atomic mass is 10.1. The van der Waals surface area contributed by atoms with Crippen LogP contribution in [-0.4, -0.2) is 37.1 Å². The van der Waals surface area contributed by atoms with Crippen LogP contribution in [0.4, 0.5) is 0 Å². The van der Waals surface area contributed by atoms with Gasteiger partial charge in [0.05, 0.1) is 13.2 Å². The minimum absolute atomic E-state index is 0.00185. The van der Waals surface area contributed by atoms with E-state index in [1.807, 2.05) is 30.3 Å². The van der Waals surface area contributed by atoms with Gasteiger partial charge in [-0.3, -0.25) is 10.1 Å². The van der Waals surface area contributed by atoms with Gasteiger partial charge in [0.2, 0.25) is 5.91 Å². The summed E-state index contributed by atoms with van der Waals surface area (Å²) < 4.78 is 5.22. The van der Waals surface area contributed by atoms with Crippen LogP contribution in [0.2, 0.25) is 0 Å². The molecule has 0 bridgehead atoms. The second-order valence-corrected chi connectivity index (χ2v) is 3.95. The molecule has 1 fully saturated rings. The molecule has 1 amide bonds. The first-order chi connectivity index (χ1) is 8.33. The van der Waals surface area contributed by atoms with E-state index in [0.29, 0.717) is 26.3 Å². The molecule has 1 aliphatic heterocycles. The van der Waals surface area contributed by atoms with E-state index in [1.54, 1.807) is 4.90 Å². The summed E-state index contributed by atoms with van der Waals surface area (Å²) in [5.41, 5.74) is 0.881. The quantitative estimate of drug-likeness (QED) is 0.785. The van der Waals surface area contributed by atoms with Crippen molar-refractivity contribution >= 4 is 5.91 Å². The maximum absolute atomic E-state index is 12.3. The average Bonchev–Trinajstić information content (AvgIpc) is 2.42. The predicted molar refractivity (Wildman–Crippen MR) is 64.0 cm³/mol. The number of morpholine rings is 1. The van der Waals surface area contributed by atoms with Crippen molar-refractivity contribution in [3.63, 3.8) is 0 Å². The molecule has 0 saturated carbocycles. The highest BCUT2D eigenvalue weighted by Crippen LogP contribution is 2.16. The molecule has 2 rings (SSSR count). The molecular weight excluding hydrogens is 216 g/mol. The summed E-state index contributed by atoms with van der Waals surface area (Å²) in [5.74, 6) is 0.00185. The Labute approximate surface area is 102 Å². The highest BCUT2D eigenvalue weighted by Gasteiger charge is 2.25. The molecule has 1 N–H and O–H groups in total. The number of hydrogen-bond acceptors (Lipinski definition) is 3. The Morgan fingerprint density at radius 2 is 1.94 bits per heavy atom. The lowest BCUT2D eigenvalue weighted by molar-refractivity contribution is -0.137. The van der Waals surface area contributed by atoms with Gasteiger partial charge in [-0.05, 0) is 5.56 Å². The van der Waals surface area contributed by atoms with Crippen molar-refractivity contribution in [2.24, 2.45) is 0 Å². The number of hydrogen-bond donors (Lipinski definition) is 1. The number of rotatable bonds is 3. The molecule has 0 unspecified atom stereocenters. The zero-order valence-corrected chi connectivity index (χ0v) is 9.63. The van der Waals surface area contributed by atoms with Gasteiger partial charge in [0.25, 0.3) is 0 Å². The molecule has 0 spiro atoms. The smallest absolute Gasteiger partial charge is 0.244 e. The number of benzene rings is 1. The van der Waals surface area contributed by atoms with Crippen molar-refractivity contribution in [3.8, 4) is 0 Å². The van der Waals surface area contributed by atoms with Gasteiger partial charge < -0.3 is 9.64 Å². The molecule has 1 atom stereocenters. The molecule has 2 radical (unpaired) electrons. The van der Waals surface area contributed by atoms with Gasteiger partial charge in [-0.25, -0.2) is 0 Å². The summed E-state index contributed by atoms with van der Waals surface area (Å²) in [5, 5.41) is 2.58.